The van der Waals surface area contributed by atoms with Crippen LogP contribution in [-0.4, -0.2) is 43.0 Å². The minimum atomic E-state index is -0.175. The van der Waals surface area contributed by atoms with Crippen LogP contribution in [0.25, 0.3) is 0 Å². The number of urea groups is 1. The molecule has 3 amide bonds. The average Bonchev–Trinajstić information content (AvgIpc) is 2.22. The summed E-state index contributed by atoms with van der Waals surface area (Å²) in [6, 6.07) is -0.175. The van der Waals surface area contributed by atoms with Gasteiger partial charge in [-0.15, -0.1) is 0 Å². The van der Waals surface area contributed by atoms with Crippen molar-refractivity contribution >= 4 is 11.9 Å². The summed E-state index contributed by atoms with van der Waals surface area (Å²) in [4.78, 5) is 24.3. The summed E-state index contributed by atoms with van der Waals surface area (Å²) in [6.07, 6.45) is 0.893. The van der Waals surface area contributed by atoms with Gasteiger partial charge in [-0.3, -0.25) is 4.79 Å². The highest BCUT2D eigenvalue weighted by Crippen LogP contribution is 1.89. The molecule has 0 bridgehead atoms. The van der Waals surface area contributed by atoms with E-state index in [1.165, 1.54) is 4.90 Å². The minimum Gasteiger partial charge on any atom is -0.355 e. The fraction of sp³-hybridized carbons (Fsp3) is 0.800. The third-order valence-electron chi connectivity index (χ3n) is 1.90. The number of hydrogen-bond donors (Lipinski definition) is 2. The molecular weight excluding hydrogens is 194 g/mol. The van der Waals surface area contributed by atoms with Crippen LogP contribution in [0.15, 0.2) is 0 Å². The van der Waals surface area contributed by atoms with Crippen LogP contribution in [0.5, 0.6) is 0 Å². The van der Waals surface area contributed by atoms with E-state index in [9.17, 15) is 9.59 Å². The number of nitrogens with one attached hydrogen (secondary N) is 2. The van der Waals surface area contributed by atoms with Gasteiger partial charge in [0.05, 0.1) is 0 Å². The van der Waals surface area contributed by atoms with E-state index in [1.54, 1.807) is 0 Å². The van der Waals surface area contributed by atoms with Crippen LogP contribution in [-0.2, 0) is 4.79 Å². The molecule has 5 nitrogen and oxygen atoms in total. The first kappa shape index (κ1) is 13.7. The fourth-order valence-electron chi connectivity index (χ4n) is 1.10. The van der Waals surface area contributed by atoms with Crippen molar-refractivity contribution in [3.63, 3.8) is 0 Å². The van der Waals surface area contributed by atoms with E-state index in [-0.39, 0.29) is 18.5 Å². The predicted molar refractivity (Wildman–Crippen MR) is 59.6 cm³/mol. The van der Waals surface area contributed by atoms with E-state index in [4.69, 9.17) is 0 Å². The minimum absolute atomic E-state index is 0.119. The van der Waals surface area contributed by atoms with Crippen LogP contribution >= 0.6 is 0 Å². The highest BCUT2D eigenvalue weighted by Gasteiger charge is 2.13. The largest absolute Gasteiger partial charge is 0.355 e. The van der Waals surface area contributed by atoms with Crippen molar-refractivity contribution in [3.05, 3.63) is 0 Å². The van der Waals surface area contributed by atoms with Crippen LogP contribution in [0.3, 0.4) is 0 Å². The van der Waals surface area contributed by atoms with Gasteiger partial charge < -0.3 is 15.5 Å². The van der Waals surface area contributed by atoms with Crippen LogP contribution in [0.4, 0.5) is 4.79 Å². The lowest BCUT2D eigenvalue weighted by Crippen LogP contribution is -2.45. The zero-order valence-corrected chi connectivity index (χ0v) is 9.80. The van der Waals surface area contributed by atoms with Gasteiger partial charge in [-0.25, -0.2) is 4.79 Å². The molecule has 0 aliphatic heterocycles. The van der Waals surface area contributed by atoms with Gasteiger partial charge in [0.15, 0.2) is 0 Å². The Bertz CT molecular complexity index is 207. The molecule has 0 fully saturated rings. The molecule has 0 aromatic heterocycles. The van der Waals surface area contributed by atoms with Gasteiger partial charge in [0.2, 0.25) is 5.91 Å². The fourth-order valence-corrected chi connectivity index (χ4v) is 1.10. The lowest BCUT2D eigenvalue weighted by atomic mass is 10.4. The molecule has 0 aromatic rings. The first-order valence-corrected chi connectivity index (χ1v) is 5.45. The summed E-state index contributed by atoms with van der Waals surface area (Å²) in [5, 5.41) is 5.40. The Morgan fingerprint density at radius 3 is 2.27 bits per heavy atom. The van der Waals surface area contributed by atoms with Gasteiger partial charge in [-0.1, -0.05) is 6.92 Å². The third-order valence-corrected chi connectivity index (χ3v) is 1.90. The highest BCUT2D eigenvalue weighted by molar-refractivity contribution is 5.83. The van der Waals surface area contributed by atoms with Crippen LogP contribution in [0, 0.1) is 0 Å². The second kappa shape index (κ2) is 8.08. The normalized spacial score (nSPS) is 9.53. The van der Waals surface area contributed by atoms with Crippen molar-refractivity contribution in [2.45, 2.75) is 27.2 Å². The quantitative estimate of drug-likeness (QED) is 0.680. The maximum Gasteiger partial charge on any atom is 0.317 e. The monoisotopic (exact) mass is 215 g/mol. The standard InChI is InChI=1S/C10H21N3O2/c1-4-7-12-10(15)13(6-3)8-9(14)11-5-2/h4-8H2,1-3H3,(H,11,14)(H,12,15). The number of carbonyl (C=O) groups excluding carboxylic acids is 2. The first-order valence-electron chi connectivity index (χ1n) is 5.45. The summed E-state index contributed by atoms with van der Waals surface area (Å²) in [5.74, 6) is -0.119. The molecule has 0 aliphatic rings. The topological polar surface area (TPSA) is 61.4 Å². The molecule has 0 spiro atoms. The van der Waals surface area contributed by atoms with Gasteiger partial charge in [0, 0.05) is 19.6 Å². The number of likely N-dealkylation sites (N-methyl/N-ethyl adjacent to an activating group) is 2. The summed E-state index contributed by atoms with van der Waals surface area (Å²) >= 11 is 0. The molecule has 0 saturated heterocycles. The maximum absolute atomic E-state index is 11.5. The van der Waals surface area contributed by atoms with Crippen LogP contribution < -0.4 is 10.6 Å². The Balaban J connectivity index is 4.00. The predicted octanol–water partition coefficient (Wildman–Crippen LogP) is 0.564. The Hall–Kier alpha value is -1.26. The van der Waals surface area contributed by atoms with E-state index < -0.39 is 0 Å². The van der Waals surface area contributed by atoms with E-state index >= 15 is 0 Å². The van der Waals surface area contributed by atoms with E-state index in [0.29, 0.717) is 19.6 Å². The Labute approximate surface area is 91.2 Å². The molecule has 0 unspecified atom stereocenters. The number of amides is 3. The molecule has 0 radical (unpaired) electrons. The highest BCUT2D eigenvalue weighted by atomic mass is 16.2. The van der Waals surface area contributed by atoms with Crippen molar-refractivity contribution in [1.82, 2.24) is 15.5 Å². The Kier molecular flexibility index (Phi) is 7.40. The molecule has 0 aromatic carbocycles. The zero-order chi connectivity index (χ0) is 11.7. The van der Waals surface area contributed by atoms with Crippen LogP contribution in [0.1, 0.15) is 27.2 Å². The average molecular weight is 215 g/mol. The van der Waals surface area contributed by atoms with Crippen molar-refractivity contribution in [2.24, 2.45) is 0 Å². The lowest BCUT2D eigenvalue weighted by Gasteiger charge is -2.20. The molecule has 0 atom stereocenters. The van der Waals surface area contributed by atoms with Gasteiger partial charge in [0.1, 0.15) is 6.54 Å². The van der Waals surface area contributed by atoms with Crippen molar-refractivity contribution in [3.8, 4) is 0 Å². The van der Waals surface area contributed by atoms with Gasteiger partial charge >= 0.3 is 6.03 Å². The second-order valence-electron chi connectivity index (χ2n) is 3.20. The molecule has 0 rings (SSSR count). The van der Waals surface area contributed by atoms with Crippen molar-refractivity contribution < 1.29 is 9.59 Å². The SMILES string of the molecule is CCCNC(=O)N(CC)CC(=O)NCC. The second-order valence-corrected chi connectivity index (χ2v) is 3.20. The Morgan fingerprint density at radius 2 is 1.80 bits per heavy atom. The summed E-state index contributed by atoms with van der Waals surface area (Å²) < 4.78 is 0. The van der Waals surface area contributed by atoms with E-state index in [1.807, 2.05) is 20.8 Å². The number of nitrogens with zero attached hydrogens (tertiary/aromatic N) is 1. The maximum atomic E-state index is 11.5. The van der Waals surface area contributed by atoms with Crippen LogP contribution in [0.2, 0.25) is 0 Å². The van der Waals surface area contributed by atoms with Crippen molar-refractivity contribution in [2.75, 3.05) is 26.2 Å². The Morgan fingerprint density at radius 1 is 1.13 bits per heavy atom. The van der Waals surface area contributed by atoms with Gasteiger partial charge in [0.25, 0.3) is 0 Å². The molecule has 15 heavy (non-hydrogen) atoms. The van der Waals surface area contributed by atoms with Crippen molar-refractivity contribution in [1.29, 1.82) is 0 Å². The summed E-state index contributed by atoms with van der Waals surface area (Å²) in [7, 11) is 0. The molecule has 0 heterocycles. The third kappa shape index (κ3) is 5.93. The lowest BCUT2D eigenvalue weighted by molar-refractivity contribution is -0.121. The van der Waals surface area contributed by atoms with Gasteiger partial charge in [-0.2, -0.15) is 0 Å². The number of rotatable bonds is 6. The zero-order valence-electron chi connectivity index (χ0n) is 9.80. The number of carbonyl (C=O) groups is 2. The number of hydrogen-bond acceptors (Lipinski definition) is 2. The smallest absolute Gasteiger partial charge is 0.317 e. The first-order chi connectivity index (χ1) is 7.15. The molecule has 0 aliphatic carbocycles. The molecular formula is C10H21N3O2. The van der Waals surface area contributed by atoms with Gasteiger partial charge in [-0.05, 0) is 20.3 Å². The molecule has 0 saturated carbocycles. The van der Waals surface area contributed by atoms with E-state index in [2.05, 4.69) is 10.6 Å². The summed E-state index contributed by atoms with van der Waals surface area (Å²) in [5.41, 5.74) is 0. The van der Waals surface area contributed by atoms with E-state index in [0.717, 1.165) is 6.42 Å². The molecule has 5 heteroatoms. The molecule has 2 N–H and O–H groups in total. The summed E-state index contributed by atoms with van der Waals surface area (Å²) in [6.45, 7) is 7.58. The molecule has 88 valence electrons.